The second-order valence-electron chi connectivity index (χ2n) is 3.30. The average molecular weight is 278 g/mol. The molecule has 1 aromatic rings. The van der Waals surface area contributed by atoms with Crippen molar-refractivity contribution in [3.63, 3.8) is 0 Å². The number of hydrogen-bond acceptors (Lipinski definition) is 4. The Balaban J connectivity index is 0.000000317. The number of allylic oxidation sites excluding steroid dienone is 1. The molecule has 0 saturated heterocycles. The number of ketones is 2. The number of hydrogen-bond donors (Lipinski definition) is 2. The fraction of sp³-hybridized carbons (Fsp3) is 0. The van der Waals surface area contributed by atoms with E-state index in [1.54, 1.807) is 12.1 Å². The SMILES string of the molecule is O=C1C=[C]([K])c2ccccc2C1=O.O=[SH](=O)O. The van der Waals surface area contributed by atoms with Crippen molar-refractivity contribution in [2.75, 3.05) is 0 Å². The Morgan fingerprint density at radius 3 is 2.06 bits per heavy atom. The van der Waals surface area contributed by atoms with Gasteiger partial charge >= 0.3 is 111 Å². The maximum Gasteiger partial charge on any atom is 0.254 e. The van der Waals surface area contributed by atoms with Gasteiger partial charge in [-0.1, -0.05) is 0 Å². The van der Waals surface area contributed by atoms with E-state index in [9.17, 15) is 9.59 Å². The summed E-state index contributed by atoms with van der Waals surface area (Å²) in [6.45, 7) is 0. The predicted octanol–water partition coefficient (Wildman–Crippen LogP) is 0.0322. The fourth-order valence-electron chi connectivity index (χ4n) is 1.50. The second kappa shape index (κ2) is 6.69. The van der Waals surface area contributed by atoms with Gasteiger partial charge in [0.05, 0.1) is 0 Å². The van der Waals surface area contributed by atoms with Crippen molar-refractivity contribution < 1.29 is 22.6 Å². The molecule has 84 valence electrons. The second-order valence-corrected chi connectivity index (χ2v) is 5.46. The molecule has 0 spiro atoms. The van der Waals surface area contributed by atoms with E-state index in [0.29, 0.717) is 54.5 Å². The first kappa shape index (κ1) is 14.9. The van der Waals surface area contributed by atoms with Gasteiger partial charge in [0.25, 0.3) is 11.0 Å². The van der Waals surface area contributed by atoms with Crippen LogP contribution in [0.5, 0.6) is 0 Å². The third kappa shape index (κ3) is 4.22. The molecule has 7 heteroatoms. The predicted molar refractivity (Wildman–Crippen MR) is 62.5 cm³/mol. The van der Waals surface area contributed by atoms with Crippen molar-refractivity contribution in [1.29, 1.82) is 0 Å². The summed E-state index contributed by atoms with van der Waals surface area (Å²) in [7, 11) is -3.12. The van der Waals surface area contributed by atoms with E-state index >= 15 is 0 Å². The smallest absolute Gasteiger partial charge is 0.254 e. The summed E-state index contributed by atoms with van der Waals surface area (Å²) < 4.78 is 25.2. The van der Waals surface area contributed by atoms with Crippen molar-refractivity contribution in [3.05, 3.63) is 41.5 Å². The van der Waals surface area contributed by atoms with E-state index in [4.69, 9.17) is 13.0 Å². The van der Waals surface area contributed by atoms with Crippen LogP contribution < -0.4 is 0 Å². The third-order valence-corrected chi connectivity index (χ3v) is 3.46. The average Bonchev–Trinajstić information content (AvgIpc) is 2.25. The van der Waals surface area contributed by atoms with Crippen LogP contribution in [0.3, 0.4) is 0 Å². The standard InChI is InChI=1S/C10H5O2.K.H2O3S/c11-9-6-5-7-3-1-2-4-8(7)10(9)12;;1-4(2)3/h1-4,6H;;4H,(H,1,2,3). The summed E-state index contributed by atoms with van der Waals surface area (Å²) >= 11 is 0.430. The molecule has 0 aromatic heterocycles. The molecule has 1 N–H and O–H groups in total. The van der Waals surface area contributed by atoms with Gasteiger partial charge in [-0.2, -0.15) is 0 Å². The molecule has 0 bridgehead atoms. The minimum atomic E-state index is -3.12. The van der Waals surface area contributed by atoms with Gasteiger partial charge < -0.3 is 0 Å². The summed E-state index contributed by atoms with van der Waals surface area (Å²) in [6.07, 6.45) is 1.48. The Morgan fingerprint density at radius 1 is 1.06 bits per heavy atom. The van der Waals surface area contributed by atoms with Crippen LogP contribution in [0.25, 0.3) is -0.332 Å². The summed E-state index contributed by atoms with van der Waals surface area (Å²) in [5.41, 5.74) is 1.52. The summed E-state index contributed by atoms with van der Waals surface area (Å²) in [6, 6.07) is 7.29. The van der Waals surface area contributed by atoms with Gasteiger partial charge in [0.15, 0.2) is 0 Å². The molecule has 1 aromatic carbocycles. The topological polar surface area (TPSA) is 88.5 Å². The third-order valence-electron chi connectivity index (χ3n) is 2.17. The molecule has 1 aliphatic carbocycles. The monoisotopic (exact) mass is 278 g/mol. The number of thiol groups is 1. The summed E-state index contributed by atoms with van der Waals surface area (Å²) in [5, 5.41) is 0. The molecule has 0 radical (unpaired) electrons. The van der Waals surface area contributed by atoms with Crippen LogP contribution in [0.4, 0.5) is 0 Å². The molecule has 0 unspecified atom stereocenters. The van der Waals surface area contributed by atoms with Crippen LogP contribution in [0.15, 0.2) is 30.3 Å². The minimum Gasteiger partial charge on any atom is -0.288 e. The van der Waals surface area contributed by atoms with Crippen molar-refractivity contribution in [3.8, 4) is 0 Å². The molecule has 0 aliphatic heterocycles. The van der Waals surface area contributed by atoms with Crippen LogP contribution in [-0.2, 0) is 15.8 Å². The molecule has 2 rings (SSSR count). The van der Waals surface area contributed by atoms with E-state index in [1.807, 2.05) is 12.1 Å². The molecule has 0 amide bonds. The first-order chi connectivity index (χ1) is 7.93. The molecule has 0 fully saturated rings. The Morgan fingerprint density at radius 2 is 1.53 bits per heavy atom. The van der Waals surface area contributed by atoms with Crippen LogP contribution in [0, 0.1) is 0 Å². The molecular formula is C10H7KO5S. The number of rotatable bonds is 0. The quantitative estimate of drug-likeness (QED) is 0.302. The zero-order valence-electron chi connectivity index (χ0n) is 8.91. The van der Waals surface area contributed by atoms with E-state index in [0.717, 1.165) is 5.23 Å². The Bertz CT molecular complexity index is 566. The normalized spacial score (nSPS) is 13.8. The van der Waals surface area contributed by atoms with Crippen molar-refractivity contribution in [1.82, 2.24) is 0 Å². The van der Waals surface area contributed by atoms with Gasteiger partial charge in [0.2, 0.25) is 0 Å². The number of carbonyl (C=O) groups is 2. The van der Waals surface area contributed by atoms with E-state index in [-0.39, 0.29) is 11.6 Å². The van der Waals surface area contributed by atoms with Crippen molar-refractivity contribution in [2.45, 2.75) is 0 Å². The van der Waals surface area contributed by atoms with Crippen LogP contribution in [-0.4, -0.2) is 73.5 Å². The van der Waals surface area contributed by atoms with Crippen molar-refractivity contribution in [2.24, 2.45) is 0 Å². The fourth-order valence-corrected chi connectivity index (χ4v) is 2.59. The molecule has 17 heavy (non-hydrogen) atoms. The Kier molecular flexibility index (Phi) is 5.87. The number of Topliss-reactive ketones (excluding diaryl/α,β-unsaturated/α-hetero) is 1. The molecule has 5 nitrogen and oxygen atoms in total. The summed E-state index contributed by atoms with van der Waals surface area (Å²) in [5.74, 6) is -0.745. The first-order valence-corrected chi connectivity index (χ1v) is 7.32. The molecule has 0 saturated carbocycles. The molecule has 1 aliphatic rings. The molecule has 0 atom stereocenters. The van der Waals surface area contributed by atoms with E-state index < -0.39 is 11.0 Å². The van der Waals surface area contributed by atoms with E-state index in [2.05, 4.69) is 0 Å². The number of fused-ring (bicyclic) bond motifs is 1. The largest absolute Gasteiger partial charge is 0.288 e. The Hall–Kier alpha value is -0.154. The zero-order valence-corrected chi connectivity index (χ0v) is 12.9. The van der Waals surface area contributed by atoms with Crippen LogP contribution >= 0.6 is 0 Å². The maximum atomic E-state index is 11.4. The van der Waals surface area contributed by atoms with Crippen molar-refractivity contribution >= 4 is 71.2 Å². The first-order valence-electron chi connectivity index (χ1n) is 4.63. The molecule has 0 heterocycles. The van der Waals surface area contributed by atoms with Gasteiger partial charge in [0, 0.05) is 0 Å². The Labute approximate surface area is 133 Å². The zero-order chi connectivity index (χ0) is 13.0. The summed E-state index contributed by atoms with van der Waals surface area (Å²) in [4.78, 5) is 22.6. The van der Waals surface area contributed by atoms with E-state index in [1.165, 1.54) is 6.08 Å². The maximum absolute atomic E-state index is 11.4. The minimum absolute atomic E-state index is 0.372. The number of benzene rings is 1. The van der Waals surface area contributed by atoms with Gasteiger partial charge in [-0.05, 0) is 0 Å². The van der Waals surface area contributed by atoms with Gasteiger partial charge in [-0.25, -0.2) is 8.42 Å². The van der Waals surface area contributed by atoms with Gasteiger partial charge in [-0.15, -0.1) is 0 Å². The van der Waals surface area contributed by atoms with Crippen LogP contribution in [0.2, 0.25) is 0 Å². The van der Waals surface area contributed by atoms with Gasteiger partial charge in [0.1, 0.15) is 0 Å². The van der Waals surface area contributed by atoms with Gasteiger partial charge in [-0.3, -0.25) is 4.55 Å². The van der Waals surface area contributed by atoms with Crippen LogP contribution in [0.1, 0.15) is 15.9 Å². The number of carbonyl (C=O) groups excluding carboxylic acids is 2. The molecular weight excluding hydrogens is 271 g/mol.